The largest absolute Gasteiger partial charge is 0.388 e. The molecule has 1 radical (unpaired) electrons. The maximum Gasteiger partial charge on any atom is 0.248 e. The molecule has 2 atom stereocenters. The summed E-state index contributed by atoms with van der Waals surface area (Å²) in [7, 11) is 0. The molecule has 0 bridgehead atoms. The number of amides is 1. The lowest BCUT2D eigenvalue weighted by Gasteiger charge is -2.28. The second-order valence-corrected chi connectivity index (χ2v) is 5.11. The smallest absolute Gasteiger partial charge is 0.248 e. The van der Waals surface area contributed by atoms with Gasteiger partial charge in [0.2, 0.25) is 12.2 Å². The molecule has 0 aromatic carbocycles. The van der Waals surface area contributed by atoms with Gasteiger partial charge in [-0.25, -0.2) is 0 Å². The fraction of sp³-hybridized carbons (Fsp3) is 0.769. The topological polar surface area (TPSA) is 136 Å². The number of aliphatic hydroxyl groups is 1. The van der Waals surface area contributed by atoms with Crippen molar-refractivity contribution in [3.05, 3.63) is 0 Å². The fourth-order valence-electron chi connectivity index (χ4n) is 1.67. The van der Waals surface area contributed by atoms with Crippen LogP contribution in [0.2, 0.25) is 0 Å². The molecule has 0 rings (SSSR count). The molecular weight excluding hydrogens is 262 g/mol. The summed E-state index contributed by atoms with van der Waals surface area (Å²) in [6.45, 7) is 3.05. The molecule has 0 aliphatic rings. The average molecular weight is 286 g/mol. The highest BCUT2D eigenvalue weighted by molar-refractivity contribution is 6.11. The number of carbonyl (C=O) groups is 2. The van der Waals surface area contributed by atoms with Crippen molar-refractivity contribution in [3.63, 3.8) is 0 Å². The van der Waals surface area contributed by atoms with Gasteiger partial charge in [-0.3, -0.25) is 14.4 Å². The van der Waals surface area contributed by atoms with E-state index in [-0.39, 0.29) is 12.3 Å². The highest BCUT2D eigenvalue weighted by atomic mass is 16.3. The first kappa shape index (κ1) is 18.7. The first-order valence-electron chi connectivity index (χ1n) is 6.65. The third kappa shape index (κ3) is 4.99. The van der Waals surface area contributed by atoms with Crippen LogP contribution in [0.15, 0.2) is 0 Å². The maximum atomic E-state index is 12.2. The number of hydrogen-bond acceptors (Lipinski definition) is 6. The van der Waals surface area contributed by atoms with E-state index in [0.29, 0.717) is 19.4 Å². The number of carbonyl (C=O) groups excluding carboxylic acids is 3. The SMILES string of the molecule is CC(C)[C@@H]([C]=O)NC(=O)[C@@](N)(CCCCN)C(=O)CO. The van der Waals surface area contributed by atoms with Gasteiger partial charge >= 0.3 is 0 Å². The molecule has 0 spiro atoms. The van der Waals surface area contributed by atoms with Crippen molar-refractivity contribution in [2.45, 2.75) is 44.7 Å². The van der Waals surface area contributed by atoms with Crippen molar-refractivity contribution in [1.82, 2.24) is 5.32 Å². The van der Waals surface area contributed by atoms with Crippen LogP contribution < -0.4 is 16.8 Å². The number of aliphatic hydroxyl groups excluding tert-OH is 1. The van der Waals surface area contributed by atoms with Crippen molar-refractivity contribution >= 4 is 18.0 Å². The molecule has 115 valence electrons. The van der Waals surface area contributed by atoms with Gasteiger partial charge in [0.25, 0.3) is 0 Å². The van der Waals surface area contributed by atoms with Crippen LogP contribution in [0.5, 0.6) is 0 Å². The zero-order valence-electron chi connectivity index (χ0n) is 12.0. The first-order chi connectivity index (χ1) is 9.33. The summed E-state index contributed by atoms with van der Waals surface area (Å²) in [6.07, 6.45) is 2.85. The Kier molecular flexibility index (Phi) is 8.21. The maximum absolute atomic E-state index is 12.2. The van der Waals surface area contributed by atoms with Gasteiger partial charge in [0.15, 0.2) is 11.3 Å². The van der Waals surface area contributed by atoms with Crippen molar-refractivity contribution < 1.29 is 19.5 Å². The number of Topliss-reactive ketones (excluding diaryl/α,β-unsaturated/α-hetero) is 1. The zero-order valence-corrected chi connectivity index (χ0v) is 12.0. The van der Waals surface area contributed by atoms with Crippen LogP contribution in [0, 0.1) is 5.92 Å². The quantitative estimate of drug-likeness (QED) is 0.289. The predicted octanol–water partition coefficient (Wildman–Crippen LogP) is -1.38. The molecule has 0 unspecified atom stereocenters. The first-order valence-corrected chi connectivity index (χ1v) is 6.65. The minimum absolute atomic E-state index is 0.0686. The molecule has 7 nitrogen and oxygen atoms in total. The Morgan fingerprint density at radius 2 is 1.95 bits per heavy atom. The molecule has 1 amide bonds. The fourth-order valence-corrected chi connectivity index (χ4v) is 1.67. The van der Waals surface area contributed by atoms with Crippen LogP contribution in [-0.4, -0.2) is 47.8 Å². The molecule has 20 heavy (non-hydrogen) atoms. The Bertz CT molecular complexity index is 347. The number of ketones is 1. The van der Waals surface area contributed by atoms with Crippen molar-refractivity contribution in [3.8, 4) is 0 Å². The van der Waals surface area contributed by atoms with Crippen LogP contribution in [0.25, 0.3) is 0 Å². The minimum Gasteiger partial charge on any atom is -0.388 e. The van der Waals surface area contributed by atoms with E-state index in [9.17, 15) is 14.4 Å². The molecular formula is C13H24N3O4. The molecule has 0 aromatic rings. The highest BCUT2D eigenvalue weighted by Crippen LogP contribution is 2.14. The summed E-state index contributed by atoms with van der Waals surface area (Å²) in [5, 5.41) is 11.4. The number of rotatable bonds is 10. The highest BCUT2D eigenvalue weighted by Gasteiger charge is 2.41. The van der Waals surface area contributed by atoms with E-state index in [1.807, 2.05) is 0 Å². The summed E-state index contributed by atoms with van der Waals surface area (Å²) < 4.78 is 0. The van der Waals surface area contributed by atoms with Crippen molar-refractivity contribution in [2.24, 2.45) is 17.4 Å². The van der Waals surface area contributed by atoms with Crippen LogP contribution in [0.1, 0.15) is 33.1 Å². The normalized spacial score (nSPS) is 15.5. The Hall–Kier alpha value is -1.31. The molecule has 7 heteroatoms. The second kappa shape index (κ2) is 8.78. The summed E-state index contributed by atoms with van der Waals surface area (Å²) >= 11 is 0. The summed E-state index contributed by atoms with van der Waals surface area (Å²) in [6, 6.07) is -0.841. The Balaban J connectivity index is 4.97. The van der Waals surface area contributed by atoms with Crippen molar-refractivity contribution in [1.29, 1.82) is 0 Å². The minimum atomic E-state index is -1.84. The van der Waals surface area contributed by atoms with E-state index >= 15 is 0 Å². The molecule has 0 aliphatic heterocycles. The van der Waals surface area contributed by atoms with Gasteiger partial charge in [0.1, 0.15) is 6.61 Å². The van der Waals surface area contributed by atoms with E-state index < -0.39 is 29.9 Å². The van der Waals surface area contributed by atoms with Gasteiger partial charge in [0, 0.05) is 0 Å². The third-order valence-corrected chi connectivity index (χ3v) is 3.15. The van der Waals surface area contributed by atoms with Gasteiger partial charge in [-0.2, -0.15) is 0 Å². The zero-order chi connectivity index (χ0) is 15.8. The number of nitrogens with one attached hydrogen (secondary N) is 1. The van der Waals surface area contributed by atoms with Gasteiger partial charge in [-0.15, -0.1) is 0 Å². The van der Waals surface area contributed by atoms with Gasteiger partial charge in [-0.1, -0.05) is 13.8 Å². The van der Waals surface area contributed by atoms with E-state index in [4.69, 9.17) is 16.6 Å². The molecule has 0 aliphatic carbocycles. The van der Waals surface area contributed by atoms with Crippen molar-refractivity contribution in [2.75, 3.05) is 13.2 Å². The summed E-state index contributed by atoms with van der Waals surface area (Å²) in [4.78, 5) is 34.7. The molecule has 0 heterocycles. The molecule has 0 aromatic heterocycles. The van der Waals surface area contributed by atoms with E-state index in [1.165, 1.54) is 0 Å². The second-order valence-electron chi connectivity index (χ2n) is 5.11. The lowest BCUT2D eigenvalue weighted by atomic mass is 9.87. The lowest BCUT2D eigenvalue weighted by molar-refractivity contribution is -0.138. The third-order valence-electron chi connectivity index (χ3n) is 3.15. The van der Waals surface area contributed by atoms with E-state index in [0.717, 1.165) is 0 Å². The Morgan fingerprint density at radius 1 is 1.35 bits per heavy atom. The summed E-state index contributed by atoms with van der Waals surface area (Å²) in [5.74, 6) is -1.72. The van der Waals surface area contributed by atoms with Crippen LogP contribution in [-0.2, 0) is 14.4 Å². The van der Waals surface area contributed by atoms with Gasteiger partial charge in [0.05, 0.1) is 6.04 Å². The number of nitrogens with two attached hydrogens (primary N) is 2. The Morgan fingerprint density at radius 3 is 2.35 bits per heavy atom. The lowest BCUT2D eigenvalue weighted by Crippen LogP contribution is -2.62. The van der Waals surface area contributed by atoms with Crippen LogP contribution in [0.4, 0.5) is 0 Å². The molecule has 0 saturated carbocycles. The predicted molar refractivity (Wildman–Crippen MR) is 74.4 cm³/mol. The average Bonchev–Trinajstić information content (AvgIpc) is 2.42. The van der Waals surface area contributed by atoms with Gasteiger partial charge in [-0.05, 0) is 31.7 Å². The van der Waals surface area contributed by atoms with E-state index in [1.54, 1.807) is 20.1 Å². The number of unbranched alkanes of at least 4 members (excludes halogenated alkanes) is 1. The van der Waals surface area contributed by atoms with Gasteiger partial charge < -0.3 is 21.9 Å². The van der Waals surface area contributed by atoms with Crippen LogP contribution >= 0.6 is 0 Å². The summed E-state index contributed by atoms with van der Waals surface area (Å²) in [5.41, 5.74) is 9.37. The van der Waals surface area contributed by atoms with E-state index in [2.05, 4.69) is 5.32 Å². The molecule has 6 N–H and O–H groups in total. The molecule has 0 fully saturated rings. The number of hydrogen-bond donors (Lipinski definition) is 4. The standard InChI is InChI=1S/C13H24N3O4/c1-9(2)10(7-17)16-12(20)13(15,11(19)8-18)5-3-4-6-14/h9-10,18H,3-6,8,14-15H2,1-2H3,(H,16,20)/t10-,13-/m1/s1. The monoisotopic (exact) mass is 286 g/mol. The van der Waals surface area contributed by atoms with Crippen LogP contribution in [0.3, 0.4) is 0 Å². The molecule has 0 saturated heterocycles. The Labute approximate surface area is 119 Å².